The SMILES string of the molecule is CN=C(NCC1(c2ccccc2Cl)CCOCC1)NC1CC1. The fourth-order valence-corrected chi connectivity index (χ4v) is 3.40. The van der Waals surface area contributed by atoms with Gasteiger partial charge >= 0.3 is 0 Å². The van der Waals surface area contributed by atoms with Crippen molar-refractivity contribution in [2.75, 3.05) is 26.8 Å². The van der Waals surface area contributed by atoms with Gasteiger partial charge in [0.25, 0.3) is 0 Å². The summed E-state index contributed by atoms with van der Waals surface area (Å²) in [7, 11) is 1.82. The van der Waals surface area contributed by atoms with E-state index in [1.165, 1.54) is 18.4 Å². The van der Waals surface area contributed by atoms with Crippen molar-refractivity contribution in [3.05, 3.63) is 34.9 Å². The Balaban J connectivity index is 1.75. The normalized spacial score (nSPS) is 21.5. The number of nitrogens with one attached hydrogen (secondary N) is 2. The summed E-state index contributed by atoms with van der Waals surface area (Å²) >= 11 is 6.48. The summed E-state index contributed by atoms with van der Waals surface area (Å²) in [6.45, 7) is 2.38. The van der Waals surface area contributed by atoms with Crippen molar-refractivity contribution in [2.24, 2.45) is 4.99 Å². The minimum atomic E-state index is 0.0117. The number of halogens is 1. The summed E-state index contributed by atoms with van der Waals surface area (Å²) in [5, 5.41) is 7.78. The van der Waals surface area contributed by atoms with Crippen molar-refractivity contribution in [2.45, 2.75) is 37.1 Å². The molecule has 1 saturated heterocycles. The number of guanidine groups is 1. The van der Waals surface area contributed by atoms with Crippen LogP contribution in [0.4, 0.5) is 0 Å². The third-order valence-corrected chi connectivity index (χ3v) is 4.96. The van der Waals surface area contributed by atoms with Crippen LogP contribution in [-0.2, 0) is 10.2 Å². The van der Waals surface area contributed by atoms with Gasteiger partial charge in [0.1, 0.15) is 0 Å². The van der Waals surface area contributed by atoms with Gasteiger partial charge in [-0.15, -0.1) is 0 Å². The van der Waals surface area contributed by atoms with Crippen LogP contribution in [-0.4, -0.2) is 38.8 Å². The van der Waals surface area contributed by atoms with Crippen molar-refractivity contribution in [1.82, 2.24) is 10.6 Å². The van der Waals surface area contributed by atoms with E-state index in [0.717, 1.165) is 43.6 Å². The van der Waals surface area contributed by atoms with Crippen LogP contribution >= 0.6 is 11.6 Å². The van der Waals surface area contributed by atoms with Gasteiger partial charge in [0.2, 0.25) is 0 Å². The first-order valence-corrected chi connectivity index (χ1v) is 8.41. The van der Waals surface area contributed by atoms with Crippen molar-refractivity contribution in [3.63, 3.8) is 0 Å². The zero-order chi connectivity index (χ0) is 15.4. The summed E-state index contributed by atoms with van der Waals surface area (Å²) in [6.07, 6.45) is 4.43. The Morgan fingerprint density at radius 3 is 2.68 bits per heavy atom. The second-order valence-electron chi connectivity index (χ2n) is 6.22. The number of benzene rings is 1. The highest BCUT2D eigenvalue weighted by Crippen LogP contribution is 2.38. The smallest absolute Gasteiger partial charge is 0.191 e. The zero-order valence-electron chi connectivity index (χ0n) is 13.1. The van der Waals surface area contributed by atoms with E-state index in [4.69, 9.17) is 16.3 Å². The quantitative estimate of drug-likeness (QED) is 0.662. The molecule has 0 spiro atoms. The van der Waals surface area contributed by atoms with Crippen LogP contribution in [0.5, 0.6) is 0 Å². The second kappa shape index (κ2) is 6.88. The molecule has 1 aromatic rings. The van der Waals surface area contributed by atoms with E-state index < -0.39 is 0 Å². The van der Waals surface area contributed by atoms with Gasteiger partial charge in [0.15, 0.2) is 5.96 Å². The Morgan fingerprint density at radius 1 is 1.32 bits per heavy atom. The standard InChI is InChI=1S/C17H24ClN3O/c1-19-16(21-13-6-7-13)20-12-17(8-10-22-11-9-17)14-4-2-3-5-15(14)18/h2-5,13H,6-12H2,1H3,(H2,19,20,21). The van der Waals surface area contributed by atoms with E-state index in [1.54, 1.807) is 0 Å². The maximum atomic E-state index is 6.48. The molecule has 1 heterocycles. The topological polar surface area (TPSA) is 45.7 Å². The maximum absolute atomic E-state index is 6.48. The molecule has 2 fully saturated rings. The van der Waals surface area contributed by atoms with Crippen LogP contribution in [0.1, 0.15) is 31.2 Å². The van der Waals surface area contributed by atoms with Gasteiger partial charge < -0.3 is 15.4 Å². The molecule has 0 radical (unpaired) electrons. The maximum Gasteiger partial charge on any atom is 0.191 e. The second-order valence-corrected chi connectivity index (χ2v) is 6.62. The third kappa shape index (κ3) is 3.55. The summed E-state index contributed by atoms with van der Waals surface area (Å²) in [4.78, 5) is 4.33. The summed E-state index contributed by atoms with van der Waals surface area (Å²) in [5.74, 6) is 0.889. The van der Waals surface area contributed by atoms with Crippen molar-refractivity contribution >= 4 is 17.6 Å². The van der Waals surface area contributed by atoms with Gasteiger partial charge in [-0.05, 0) is 37.3 Å². The molecule has 22 heavy (non-hydrogen) atoms. The van der Waals surface area contributed by atoms with E-state index in [1.807, 2.05) is 19.2 Å². The van der Waals surface area contributed by atoms with Crippen LogP contribution in [0.2, 0.25) is 5.02 Å². The molecule has 0 amide bonds. The molecule has 0 bridgehead atoms. The van der Waals surface area contributed by atoms with E-state index in [9.17, 15) is 0 Å². The van der Waals surface area contributed by atoms with E-state index in [0.29, 0.717) is 6.04 Å². The minimum Gasteiger partial charge on any atom is -0.381 e. The average molecular weight is 322 g/mol. The van der Waals surface area contributed by atoms with Gasteiger partial charge in [-0.1, -0.05) is 29.8 Å². The molecule has 2 N–H and O–H groups in total. The Hall–Kier alpha value is -1.26. The third-order valence-electron chi connectivity index (χ3n) is 4.63. The van der Waals surface area contributed by atoms with Crippen LogP contribution in [0, 0.1) is 0 Å². The highest BCUT2D eigenvalue weighted by Gasteiger charge is 2.36. The lowest BCUT2D eigenvalue weighted by molar-refractivity contribution is 0.0514. The number of nitrogens with zero attached hydrogens (tertiary/aromatic N) is 1. The van der Waals surface area contributed by atoms with Crippen LogP contribution < -0.4 is 10.6 Å². The molecule has 120 valence electrons. The highest BCUT2D eigenvalue weighted by atomic mass is 35.5. The Bertz CT molecular complexity index is 536. The van der Waals surface area contributed by atoms with Gasteiger partial charge in [-0.3, -0.25) is 4.99 Å². The van der Waals surface area contributed by atoms with E-state index in [-0.39, 0.29) is 5.41 Å². The predicted octanol–water partition coefficient (Wildman–Crippen LogP) is 2.72. The molecule has 0 unspecified atom stereocenters. The lowest BCUT2D eigenvalue weighted by atomic mass is 9.74. The molecule has 1 aliphatic heterocycles. The monoisotopic (exact) mass is 321 g/mol. The fourth-order valence-electron chi connectivity index (χ4n) is 3.06. The van der Waals surface area contributed by atoms with Gasteiger partial charge in [-0.25, -0.2) is 0 Å². The number of hydrogen-bond acceptors (Lipinski definition) is 2. The number of ether oxygens (including phenoxy) is 1. The number of aliphatic imine (C=N–C) groups is 1. The van der Waals surface area contributed by atoms with E-state index in [2.05, 4.69) is 27.8 Å². The van der Waals surface area contributed by atoms with Crippen LogP contribution in [0.25, 0.3) is 0 Å². The number of rotatable bonds is 4. The molecule has 5 heteroatoms. The molecule has 3 rings (SSSR count). The first-order valence-electron chi connectivity index (χ1n) is 8.03. The largest absolute Gasteiger partial charge is 0.381 e. The molecule has 1 aliphatic carbocycles. The van der Waals surface area contributed by atoms with Crippen molar-refractivity contribution in [3.8, 4) is 0 Å². The molecule has 2 aliphatic rings. The first kappa shape index (κ1) is 15.6. The van der Waals surface area contributed by atoms with E-state index >= 15 is 0 Å². The molecular formula is C17H24ClN3O. The average Bonchev–Trinajstić information content (AvgIpc) is 3.37. The van der Waals surface area contributed by atoms with Crippen LogP contribution in [0.15, 0.2) is 29.3 Å². The Morgan fingerprint density at radius 2 is 2.05 bits per heavy atom. The molecule has 0 aromatic heterocycles. The Kier molecular flexibility index (Phi) is 4.89. The lowest BCUT2D eigenvalue weighted by Crippen LogP contribution is -2.48. The van der Waals surface area contributed by atoms with Crippen LogP contribution in [0.3, 0.4) is 0 Å². The van der Waals surface area contributed by atoms with Gasteiger partial charge in [-0.2, -0.15) is 0 Å². The van der Waals surface area contributed by atoms with Gasteiger partial charge in [0, 0.05) is 43.3 Å². The molecule has 1 saturated carbocycles. The Labute approximate surface area is 137 Å². The minimum absolute atomic E-state index is 0.0117. The summed E-state index contributed by atoms with van der Waals surface area (Å²) < 4.78 is 5.58. The summed E-state index contributed by atoms with van der Waals surface area (Å²) in [6, 6.07) is 8.77. The van der Waals surface area contributed by atoms with Crippen molar-refractivity contribution < 1.29 is 4.74 Å². The molecule has 1 aromatic carbocycles. The lowest BCUT2D eigenvalue weighted by Gasteiger charge is -2.38. The first-order chi connectivity index (χ1) is 10.7. The highest BCUT2D eigenvalue weighted by molar-refractivity contribution is 6.31. The fraction of sp³-hybridized carbons (Fsp3) is 0.588. The van der Waals surface area contributed by atoms with Gasteiger partial charge in [0.05, 0.1) is 0 Å². The molecular weight excluding hydrogens is 298 g/mol. The van der Waals surface area contributed by atoms with Crippen molar-refractivity contribution in [1.29, 1.82) is 0 Å². The zero-order valence-corrected chi connectivity index (χ0v) is 13.8. The molecule has 4 nitrogen and oxygen atoms in total. The summed E-state index contributed by atoms with van der Waals surface area (Å²) in [5.41, 5.74) is 1.23. The predicted molar refractivity (Wildman–Crippen MR) is 90.7 cm³/mol. The number of hydrogen-bond donors (Lipinski definition) is 2. The molecule has 0 atom stereocenters.